The molecule has 4 nitrogen and oxygen atoms in total. The molecule has 0 aliphatic carbocycles. The van der Waals surface area contributed by atoms with Crippen molar-refractivity contribution in [2.75, 3.05) is 18.1 Å². The molecule has 9 heteroatoms. The number of nitrogens with zero attached hydrogens (tertiary/aromatic N) is 1. The van der Waals surface area contributed by atoms with Crippen molar-refractivity contribution >= 4 is 54.9 Å². The highest BCUT2D eigenvalue weighted by Gasteiger charge is 2.51. The van der Waals surface area contributed by atoms with Crippen LogP contribution in [-0.2, 0) is 26.6 Å². The van der Waals surface area contributed by atoms with E-state index in [1.807, 2.05) is 0 Å². The molecular formula is C17H34NO3PS4. The van der Waals surface area contributed by atoms with Crippen LogP contribution in [0.4, 0.5) is 0 Å². The van der Waals surface area contributed by atoms with E-state index in [2.05, 4.69) is 20.8 Å². The molecule has 1 aliphatic heterocycles. The van der Waals surface area contributed by atoms with Gasteiger partial charge in [0.25, 0.3) is 0 Å². The van der Waals surface area contributed by atoms with Crippen LogP contribution in [0, 0.1) is 0 Å². The van der Waals surface area contributed by atoms with E-state index in [0.717, 1.165) is 67.2 Å². The largest absolute Gasteiger partial charge is 0.274 e. The third-order valence-electron chi connectivity index (χ3n) is 4.38. The number of hydrogen-bond acceptors (Lipinski definition) is 6. The van der Waals surface area contributed by atoms with Gasteiger partial charge in [-0.3, -0.25) is 4.79 Å². The van der Waals surface area contributed by atoms with Crippen LogP contribution < -0.4 is 0 Å². The monoisotopic (exact) mass is 459 g/mol. The first-order valence-electron chi connectivity index (χ1n) is 9.76. The standard InChI is InChI=1S/C17H34NO3PS4/c1-4-7-10-11-12-18-16(19)15-17(26(18,20)21)22(23,24-13-8-5-2)25-14-9-6-3/h17H,4-15H2,1-3H3. The normalized spacial score (nSPS) is 20.0. The zero-order chi connectivity index (χ0) is 19.6. The molecule has 1 rings (SSSR count). The van der Waals surface area contributed by atoms with Crippen molar-refractivity contribution in [2.45, 2.75) is 83.5 Å². The lowest BCUT2D eigenvalue weighted by atomic mass is 10.2. The van der Waals surface area contributed by atoms with E-state index in [1.54, 1.807) is 22.8 Å². The van der Waals surface area contributed by atoms with Gasteiger partial charge in [-0.25, -0.2) is 12.7 Å². The first-order chi connectivity index (χ1) is 12.3. The van der Waals surface area contributed by atoms with Crippen LogP contribution in [0.5, 0.6) is 0 Å². The van der Waals surface area contributed by atoms with E-state index >= 15 is 0 Å². The molecule has 0 aromatic rings. The van der Waals surface area contributed by atoms with Crippen molar-refractivity contribution in [2.24, 2.45) is 0 Å². The average Bonchev–Trinajstić information content (AvgIpc) is 2.82. The van der Waals surface area contributed by atoms with Gasteiger partial charge >= 0.3 is 0 Å². The van der Waals surface area contributed by atoms with Crippen molar-refractivity contribution < 1.29 is 13.2 Å². The highest BCUT2D eigenvalue weighted by atomic mass is 33.2. The van der Waals surface area contributed by atoms with Crippen LogP contribution in [-0.4, -0.2) is 41.7 Å². The van der Waals surface area contributed by atoms with E-state index in [1.165, 1.54) is 0 Å². The molecule has 1 unspecified atom stereocenters. The molecular weight excluding hydrogens is 425 g/mol. The Bertz CT molecular complexity index is 569. The summed E-state index contributed by atoms with van der Waals surface area (Å²) in [5.74, 6) is 1.54. The number of rotatable bonds is 14. The van der Waals surface area contributed by atoms with Crippen LogP contribution in [0.15, 0.2) is 0 Å². The maximum atomic E-state index is 13.1. The minimum Gasteiger partial charge on any atom is -0.274 e. The predicted octanol–water partition coefficient (Wildman–Crippen LogP) is 5.83. The topological polar surface area (TPSA) is 54.5 Å². The van der Waals surface area contributed by atoms with Gasteiger partial charge in [0.05, 0.1) is 10.9 Å². The smallest absolute Gasteiger partial charge is 0.247 e. The van der Waals surface area contributed by atoms with Crippen LogP contribution in [0.2, 0.25) is 0 Å². The Morgan fingerprint density at radius 2 is 1.54 bits per heavy atom. The fraction of sp³-hybridized carbons (Fsp3) is 0.941. The van der Waals surface area contributed by atoms with Crippen molar-refractivity contribution in [1.29, 1.82) is 0 Å². The third-order valence-corrected chi connectivity index (χ3v) is 21.1. The lowest BCUT2D eigenvalue weighted by Crippen LogP contribution is -2.32. The van der Waals surface area contributed by atoms with Crippen molar-refractivity contribution in [3.05, 3.63) is 0 Å². The Hall–Kier alpha value is 0.770. The zero-order valence-electron chi connectivity index (χ0n) is 16.3. The number of amides is 1. The fourth-order valence-corrected chi connectivity index (χ4v) is 19.5. The van der Waals surface area contributed by atoms with Crippen LogP contribution in [0.3, 0.4) is 0 Å². The van der Waals surface area contributed by atoms with Crippen molar-refractivity contribution in [3.63, 3.8) is 0 Å². The predicted molar refractivity (Wildman–Crippen MR) is 122 cm³/mol. The van der Waals surface area contributed by atoms with Crippen molar-refractivity contribution in [3.8, 4) is 0 Å². The molecule has 1 aliphatic rings. The summed E-state index contributed by atoms with van der Waals surface area (Å²) in [6, 6.07) is 0. The van der Waals surface area contributed by atoms with Gasteiger partial charge in [0.2, 0.25) is 15.9 Å². The molecule has 0 aromatic carbocycles. The number of hydrogen-bond donors (Lipinski definition) is 0. The van der Waals surface area contributed by atoms with Gasteiger partial charge in [0, 0.05) is 6.54 Å². The summed E-state index contributed by atoms with van der Waals surface area (Å²) < 4.78 is 25.1. The highest BCUT2D eigenvalue weighted by Crippen LogP contribution is 2.75. The first kappa shape index (κ1) is 24.8. The Labute approximate surface area is 173 Å². The second-order valence-corrected chi connectivity index (χ2v) is 20.9. The average molecular weight is 460 g/mol. The highest BCUT2D eigenvalue weighted by molar-refractivity contribution is 9.01. The molecule has 1 atom stereocenters. The Balaban J connectivity index is 2.91. The SMILES string of the molecule is CCCCCCN1C(=O)CC(P(=S)(SCCCC)SCCCC)S1(=O)=O. The van der Waals surface area contributed by atoms with Gasteiger partial charge in [-0.1, -0.05) is 64.7 Å². The number of unbranched alkanes of at least 4 members (excludes halogenated alkanes) is 5. The van der Waals surface area contributed by atoms with E-state index in [9.17, 15) is 13.2 Å². The fourth-order valence-electron chi connectivity index (χ4n) is 2.73. The van der Waals surface area contributed by atoms with E-state index < -0.39 is 19.5 Å². The molecule has 154 valence electrons. The lowest BCUT2D eigenvalue weighted by molar-refractivity contribution is -0.125. The molecule has 1 fully saturated rings. The first-order valence-corrected chi connectivity index (χ1v) is 17.3. The van der Waals surface area contributed by atoms with Crippen LogP contribution in [0.25, 0.3) is 0 Å². The third kappa shape index (κ3) is 6.98. The van der Waals surface area contributed by atoms with Gasteiger partial charge < -0.3 is 0 Å². The molecule has 1 saturated heterocycles. The Kier molecular flexibility index (Phi) is 11.8. The van der Waals surface area contributed by atoms with Crippen molar-refractivity contribution in [1.82, 2.24) is 4.31 Å². The Morgan fingerprint density at radius 3 is 2.04 bits per heavy atom. The molecule has 26 heavy (non-hydrogen) atoms. The summed E-state index contributed by atoms with van der Waals surface area (Å²) in [6.07, 6.45) is 8.19. The maximum absolute atomic E-state index is 13.1. The zero-order valence-corrected chi connectivity index (χ0v) is 20.5. The molecule has 1 heterocycles. The Morgan fingerprint density at radius 1 is 1.00 bits per heavy atom. The summed E-state index contributed by atoms with van der Waals surface area (Å²) >= 11 is 9.31. The molecule has 0 N–H and O–H groups in total. The maximum Gasteiger partial charge on any atom is 0.247 e. The number of sulfonamides is 1. The van der Waals surface area contributed by atoms with Gasteiger partial charge in [0.1, 0.15) is 4.99 Å². The molecule has 0 bridgehead atoms. The van der Waals surface area contributed by atoms with E-state index in [-0.39, 0.29) is 12.3 Å². The molecule has 0 spiro atoms. The minimum atomic E-state index is -3.61. The lowest BCUT2D eigenvalue weighted by Gasteiger charge is -2.27. The molecule has 0 radical (unpaired) electrons. The molecule has 1 amide bonds. The van der Waals surface area contributed by atoms with Gasteiger partial charge in [-0.05, 0) is 30.8 Å². The number of carbonyl (C=O) groups excluding carboxylic acids is 1. The van der Waals surface area contributed by atoms with Gasteiger partial charge in [-0.2, -0.15) is 0 Å². The summed E-state index contributed by atoms with van der Waals surface area (Å²) in [4.78, 5) is 11.8. The quantitative estimate of drug-likeness (QED) is 0.241. The van der Waals surface area contributed by atoms with E-state index in [0.29, 0.717) is 6.54 Å². The second kappa shape index (κ2) is 12.4. The second-order valence-electron chi connectivity index (χ2n) is 6.64. The van der Waals surface area contributed by atoms with Crippen LogP contribution in [0.1, 0.15) is 78.6 Å². The van der Waals surface area contributed by atoms with Gasteiger partial charge in [-0.15, -0.1) is 22.8 Å². The summed E-state index contributed by atoms with van der Waals surface area (Å²) in [5, 5.41) is 0. The summed E-state index contributed by atoms with van der Waals surface area (Å²) in [6.45, 7) is 6.70. The van der Waals surface area contributed by atoms with Gasteiger partial charge in [0.15, 0.2) is 0 Å². The van der Waals surface area contributed by atoms with E-state index in [4.69, 9.17) is 11.8 Å². The summed E-state index contributed by atoms with van der Waals surface area (Å²) in [5.41, 5.74) is 0. The molecule has 0 saturated carbocycles. The molecule has 0 aromatic heterocycles. The summed E-state index contributed by atoms with van der Waals surface area (Å²) in [7, 11) is -3.61. The minimum absolute atomic E-state index is 0.0889. The number of carbonyl (C=O) groups is 1. The van der Waals surface area contributed by atoms with Crippen LogP contribution >= 0.6 is 27.2 Å².